The summed E-state index contributed by atoms with van der Waals surface area (Å²) >= 11 is 6.23. The Hall–Kier alpha value is -3.38. The number of benzene rings is 2. The van der Waals surface area contributed by atoms with E-state index in [-0.39, 0.29) is 5.91 Å². The lowest BCUT2D eigenvalue weighted by molar-refractivity contribution is 0.0950. The number of hydrogen-bond acceptors (Lipinski definition) is 3. The predicted octanol–water partition coefficient (Wildman–Crippen LogP) is 4.16. The van der Waals surface area contributed by atoms with Gasteiger partial charge in [0.2, 0.25) is 0 Å². The highest BCUT2D eigenvalue weighted by molar-refractivity contribution is 6.33. The van der Waals surface area contributed by atoms with Gasteiger partial charge in [-0.25, -0.2) is 4.68 Å². The van der Waals surface area contributed by atoms with E-state index < -0.39 is 0 Å². The summed E-state index contributed by atoms with van der Waals surface area (Å²) in [6.45, 7) is 2.09. The smallest absolute Gasteiger partial charge is 0.256 e. The number of aryl methyl sites for hydroxylation is 2. The third-order valence-corrected chi connectivity index (χ3v) is 5.11. The van der Waals surface area contributed by atoms with Crippen LogP contribution in [-0.2, 0) is 13.6 Å². The molecule has 0 bridgehead atoms. The first-order chi connectivity index (χ1) is 14.0. The lowest BCUT2D eigenvalue weighted by atomic mass is 10.1. The number of halogens is 1. The molecule has 146 valence electrons. The van der Waals surface area contributed by atoms with Crippen LogP contribution < -0.4 is 5.32 Å². The van der Waals surface area contributed by atoms with E-state index in [9.17, 15) is 4.79 Å². The minimum Gasteiger partial charge on any atom is -0.348 e. The summed E-state index contributed by atoms with van der Waals surface area (Å²) in [5, 5.41) is 12.2. The number of nitrogens with zero attached hydrogens (tertiary/aromatic N) is 4. The van der Waals surface area contributed by atoms with E-state index in [2.05, 4.69) is 10.4 Å². The standard InChI is InChI=1S/C22H20ClN5O/c1-15-19(21(23)27(2)25-15)22(29)24-13-17-14-28(18-11-7-4-8-12-18)26-20(17)16-9-5-3-6-10-16/h3-12,14H,13H2,1-2H3,(H,24,29). The van der Waals surface area contributed by atoms with Crippen molar-refractivity contribution in [3.63, 3.8) is 0 Å². The molecule has 0 aliphatic rings. The van der Waals surface area contributed by atoms with Gasteiger partial charge < -0.3 is 5.32 Å². The highest BCUT2D eigenvalue weighted by atomic mass is 35.5. The van der Waals surface area contributed by atoms with Gasteiger partial charge in [-0.15, -0.1) is 0 Å². The summed E-state index contributed by atoms with van der Waals surface area (Å²) in [6, 6.07) is 19.8. The topological polar surface area (TPSA) is 64.7 Å². The zero-order chi connectivity index (χ0) is 20.4. The molecule has 0 atom stereocenters. The maximum atomic E-state index is 12.7. The molecule has 2 heterocycles. The zero-order valence-electron chi connectivity index (χ0n) is 16.1. The number of nitrogens with one attached hydrogen (secondary N) is 1. The second-order valence-corrected chi connectivity index (χ2v) is 7.06. The summed E-state index contributed by atoms with van der Waals surface area (Å²) in [7, 11) is 1.71. The SMILES string of the molecule is Cc1nn(C)c(Cl)c1C(=O)NCc1cn(-c2ccccc2)nc1-c1ccccc1. The van der Waals surface area contributed by atoms with Gasteiger partial charge in [0, 0.05) is 30.9 Å². The molecule has 0 saturated carbocycles. The monoisotopic (exact) mass is 405 g/mol. The molecule has 2 aromatic carbocycles. The predicted molar refractivity (Wildman–Crippen MR) is 113 cm³/mol. The lowest BCUT2D eigenvalue weighted by Crippen LogP contribution is -2.23. The Morgan fingerprint density at radius 3 is 2.31 bits per heavy atom. The maximum absolute atomic E-state index is 12.7. The molecule has 2 aromatic heterocycles. The van der Waals surface area contributed by atoms with Crippen molar-refractivity contribution < 1.29 is 4.79 Å². The molecule has 7 heteroatoms. The minimum atomic E-state index is -0.257. The highest BCUT2D eigenvalue weighted by Gasteiger charge is 2.20. The molecule has 0 saturated heterocycles. The Labute approximate surface area is 173 Å². The zero-order valence-corrected chi connectivity index (χ0v) is 16.9. The number of hydrogen-bond donors (Lipinski definition) is 1. The van der Waals surface area contributed by atoms with Crippen LogP contribution in [0.15, 0.2) is 66.9 Å². The Balaban J connectivity index is 1.65. The van der Waals surface area contributed by atoms with E-state index in [0.29, 0.717) is 23.0 Å². The van der Waals surface area contributed by atoms with Crippen molar-refractivity contribution in [2.24, 2.45) is 7.05 Å². The number of amides is 1. The van der Waals surface area contributed by atoms with Crippen molar-refractivity contribution in [1.29, 1.82) is 0 Å². The molecular formula is C22H20ClN5O. The molecular weight excluding hydrogens is 386 g/mol. The second kappa shape index (κ2) is 7.93. The fourth-order valence-electron chi connectivity index (χ4n) is 3.24. The normalized spacial score (nSPS) is 10.9. The second-order valence-electron chi connectivity index (χ2n) is 6.71. The Morgan fingerprint density at radius 1 is 1.03 bits per heavy atom. The molecule has 4 aromatic rings. The molecule has 0 unspecified atom stereocenters. The molecule has 0 aliphatic heterocycles. The van der Waals surface area contributed by atoms with Crippen molar-refractivity contribution in [3.05, 3.63) is 88.8 Å². The van der Waals surface area contributed by atoms with Gasteiger partial charge in [-0.1, -0.05) is 60.1 Å². The van der Waals surface area contributed by atoms with Crippen LogP contribution in [0.25, 0.3) is 16.9 Å². The largest absolute Gasteiger partial charge is 0.348 e. The Bertz CT molecular complexity index is 1150. The van der Waals surface area contributed by atoms with Crippen LogP contribution in [0.5, 0.6) is 0 Å². The fraction of sp³-hybridized carbons (Fsp3) is 0.136. The van der Waals surface area contributed by atoms with Crippen molar-refractivity contribution in [3.8, 4) is 16.9 Å². The van der Waals surface area contributed by atoms with Crippen LogP contribution in [0.2, 0.25) is 5.15 Å². The average molecular weight is 406 g/mol. The summed E-state index contributed by atoms with van der Waals surface area (Å²) in [5.41, 5.74) is 4.66. The minimum absolute atomic E-state index is 0.257. The number of carbonyl (C=O) groups is 1. The van der Waals surface area contributed by atoms with Crippen LogP contribution in [0.3, 0.4) is 0 Å². The molecule has 29 heavy (non-hydrogen) atoms. The average Bonchev–Trinajstić information content (AvgIpc) is 3.28. The number of para-hydroxylation sites is 1. The first kappa shape index (κ1) is 19.0. The molecule has 4 rings (SSSR count). The van der Waals surface area contributed by atoms with Crippen LogP contribution in [0.4, 0.5) is 0 Å². The first-order valence-electron chi connectivity index (χ1n) is 9.21. The first-order valence-corrected chi connectivity index (χ1v) is 9.59. The number of rotatable bonds is 5. The van der Waals surface area contributed by atoms with Gasteiger partial charge in [0.1, 0.15) is 5.15 Å². The summed E-state index contributed by atoms with van der Waals surface area (Å²) in [6.07, 6.45) is 1.94. The van der Waals surface area contributed by atoms with Crippen LogP contribution in [0.1, 0.15) is 21.6 Å². The summed E-state index contributed by atoms with van der Waals surface area (Å²) in [4.78, 5) is 12.7. The highest BCUT2D eigenvalue weighted by Crippen LogP contribution is 2.24. The summed E-state index contributed by atoms with van der Waals surface area (Å²) in [5.74, 6) is -0.257. The molecule has 1 amide bonds. The molecule has 0 spiro atoms. The Morgan fingerprint density at radius 2 is 1.69 bits per heavy atom. The molecule has 0 aliphatic carbocycles. The fourth-order valence-corrected chi connectivity index (χ4v) is 3.50. The molecule has 6 nitrogen and oxygen atoms in total. The van der Waals surface area contributed by atoms with Gasteiger partial charge >= 0.3 is 0 Å². The van der Waals surface area contributed by atoms with Gasteiger partial charge in [-0.3, -0.25) is 9.48 Å². The van der Waals surface area contributed by atoms with Crippen molar-refractivity contribution >= 4 is 17.5 Å². The van der Waals surface area contributed by atoms with Crippen molar-refractivity contribution in [2.75, 3.05) is 0 Å². The van der Waals surface area contributed by atoms with E-state index in [1.807, 2.05) is 71.5 Å². The number of aromatic nitrogens is 4. The quantitative estimate of drug-likeness (QED) is 0.542. The van der Waals surface area contributed by atoms with Crippen molar-refractivity contribution in [2.45, 2.75) is 13.5 Å². The van der Waals surface area contributed by atoms with Gasteiger partial charge in [0.15, 0.2) is 0 Å². The van der Waals surface area contributed by atoms with Crippen LogP contribution >= 0.6 is 11.6 Å². The summed E-state index contributed by atoms with van der Waals surface area (Å²) < 4.78 is 3.32. The van der Waals surface area contributed by atoms with E-state index >= 15 is 0 Å². The third-order valence-electron chi connectivity index (χ3n) is 4.68. The maximum Gasteiger partial charge on any atom is 0.256 e. The lowest BCUT2D eigenvalue weighted by Gasteiger charge is -2.06. The van der Waals surface area contributed by atoms with Crippen molar-refractivity contribution in [1.82, 2.24) is 24.9 Å². The number of carbonyl (C=O) groups excluding carboxylic acids is 1. The molecule has 0 fully saturated rings. The third kappa shape index (κ3) is 3.79. The van der Waals surface area contributed by atoms with Gasteiger partial charge in [-0.2, -0.15) is 10.2 Å². The van der Waals surface area contributed by atoms with E-state index in [1.165, 1.54) is 4.68 Å². The van der Waals surface area contributed by atoms with Gasteiger partial charge in [0.05, 0.1) is 22.6 Å². The molecule has 0 radical (unpaired) electrons. The van der Waals surface area contributed by atoms with Gasteiger partial charge in [-0.05, 0) is 19.1 Å². The van der Waals surface area contributed by atoms with Crippen LogP contribution in [0, 0.1) is 6.92 Å². The van der Waals surface area contributed by atoms with E-state index in [1.54, 1.807) is 14.0 Å². The molecule has 1 N–H and O–H groups in total. The Kier molecular flexibility index (Phi) is 5.18. The van der Waals surface area contributed by atoms with E-state index in [0.717, 1.165) is 22.5 Å². The van der Waals surface area contributed by atoms with Crippen LogP contribution in [-0.4, -0.2) is 25.5 Å². The van der Waals surface area contributed by atoms with E-state index in [4.69, 9.17) is 16.7 Å². The van der Waals surface area contributed by atoms with Gasteiger partial charge in [0.25, 0.3) is 5.91 Å².